The van der Waals surface area contributed by atoms with E-state index in [4.69, 9.17) is 9.47 Å². The summed E-state index contributed by atoms with van der Waals surface area (Å²) in [6.45, 7) is 6.79. The molecule has 0 aliphatic heterocycles. The van der Waals surface area contributed by atoms with Gasteiger partial charge in [0.1, 0.15) is 18.2 Å². The molecule has 3 rings (SSSR count). The van der Waals surface area contributed by atoms with Crippen molar-refractivity contribution in [1.29, 1.82) is 0 Å². The van der Waals surface area contributed by atoms with E-state index in [-0.39, 0.29) is 11.6 Å². The summed E-state index contributed by atoms with van der Waals surface area (Å²) in [5, 5.41) is 0.553. The Balaban J connectivity index is 1.95. The average Bonchev–Trinajstić information content (AvgIpc) is 3.09. The van der Waals surface area contributed by atoms with Gasteiger partial charge < -0.3 is 9.47 Å². The summed E-state index contributed by atoms with van der Waals surface area (Å²) >= 11 is 1.34. The first-order valence-corrected chi connectivity index (χ1v) is 10.8. The third kappa shape index (κ3) is 4.73. The van der Waals surface area contributed by atoms with E-state index >= 15 is 0 Å². The summed E-state index contributed by atoms with van der Waals surface area (Å²) in [5.74, 6) is 1.22. The molecule has 0 aliphatic carbocycles. The Hall–Kier alpha value is -2.26. The zero-order chi connectivity index (χ0) is 21.9. The highest BCUT2D eigenvalue weighted by molar-refractivity contribution is 7.98. The fourth-order valence-electron chi connectivity index (χ4n) is 2.98. The average molecular weight is 440 g/mol. The number of aromatic nitrogens is 3. The van der Waals surface area contributed by atoms with Gasteiger partial charge in [0.15, 0.2) is 5.16 Å². The van der Waals surface area contributed by atoms with E-state index in [1.807, 2.05) is 20.1 Å². The van der Waals surface area contributed by atoms with Gasteiger partial charge in [-0.2, -0.15) is 13.2 Å². The van der Waals surface area contributed by atoms with Crippen molar-refractivity contribution in [1.82, 2.24) is 14.5 Å². The van der Waals surface area contributed by atoms with Gasteiger partial charge in [-0.15, -0.1) is 0 Å². The molecule has 0 spiro atoms. The number of imidazole rings is 1. The number of nitrogens with zero attached hydrogens (tertiary/aromatic N) is 3. The normalized spacial score (nSPS) is 13.0. The van der Waals surface area contributed by atoms with Gasteiger partial charge in [-0.3, -0.25) is 4.57 Å². The zero-order valence-corrected chi connectivity index (χ0v) is 18.1. The second kappa shape index (κ2) is 9.26. The molecule has 1 unspecified atom stereocenters. The van der Waals surface area contributed by atoms with Crippen LogP contribution in [0.2, 0.25) is 0 Å². The number of pyridine rings is 1. The molecule has 3 aromatic rings. The SMILES string of the molecule is CCC(C)OCCOc1ccnc(-n2c(SC)nc3cc(C(F)(F)F)ccc32)c1C. The summed E-state index contributed by atoms with van der Waals surface area (Å²) in [6, 6.07) is 5.32. The summed E-state index contributed by atoms with van der Waals surface area (Å²) in [4.78, 5) is 8.84. The maximum Gasteiger partial charge on any atom is 0.416 e. The molecule has 2 aromatic heterocycles. The molecule has 9 heteroatoms. The lowest BCUT2D eigenvalue weighted by molar-refractivity contribution is -0.137. The van der Waals surface area contributed by atoms with Gasteiger partial charge in [0.05, 0.1) is 29.3 Å². The van der Waals surface area contributed by atoms with Crippen LogP contribution in [0.4, 0.5) is 13.2 Å². The van der Waals surface area contributed by atoms with Crippen molar-refractivity contribution in [3.05, 3.63) is 41.6 Å². The summed E-state index contributed by atoms with van der Waals surface area (Å²) in [7, 11) is 0. The minimum Gasteiger partial charge on any atom is -0.491 e. The molecule has 1 aromatic carbocycles. The van der Waals surface area contributed by atoms with E-state index in [2.05, 4.69) is 16.9 Å². The number of ether oxygens (including phenoxy) is 2. The van der Waals surface area contributed by atoms with Crippen molar-refractivity contribution < 1.29 is 22.6 Å². The number of rotatable bonds is 8. The molecule has 0 amide bonds. The molecule has 5 nitrogen and oxygen atoms in total. The molecule has 0 bridgehead atoms. The Kier molecular flexibility index (Phi) is 6.92. The fraction of sp³-hybridized carbons (Fsp3) is 0.429. The third-order valence-corrected chi connectivity index (χ3v) is 5.43. The second-order valence-electron chi connectivity index (χ2n) is 6.83. The molecule has 0 aliphatic rings. The minimum absolute atomic E-state index is 0.172. The lowest BCUT2D eigenvalue weighted by Crippen LogP contribution is -2.14. The predicted octanol–water partition coefficient (Wildman–Crippen LogP) is 5.66. The van der Waals surface area contributed by atoms with Crippen LogP contribution in [-0.2, 0) is 10.9 Å². The molecular weight excluding hydrogens is 415 g/mol. The van der Waals surface area contributed by atoms with E-state index in [9.17, 15) is 13.2 Å². The van der Waals surface area contributed by atoms with Crippen molar-refractivity contribution >= 4 is 22.8 Å². The van der Waals surface area contributed by atoms with Gasteiger partial charge in [-0.05, 0) is 50.8 Å². The largest absolute Gasteiger partial charge is 0.491 e. The highest BCUT2D eigenvalue weighted by Gasteiger charge is 2.31. The first-order valence-electron chi connectivity index (χ1n) is 9.60. The van der Waals surface area contributed by atoms with Gasteiger partial charge in [-0.25, -0.2) is 9.97 Å². The molecule has 0 saturated carbocycles. The molecule has 0 N–H and O–H groups in total. The van der Waals surface area contributed by atoms with Crippen LogP contribution in [0.5, 0.6) is 5.75 Å². The van der Waals surface area contributed by atoms with Crippen LogP contribution in [0.3, 0.4) is 0 Å². The maximum atomic E-state index is 13.1. The van der Waals surface area contributed by atoms with Crippen LogP contribution < -0.4 is 4.74 Å². The van der Waals surface area contributed by atoms with Crippen molar-refractivity contribution in [3.8, 4) is 11.6 Å². The molecule has 1 atom stereocenters. The Morgan fingerprint density at radius 2 is 1.97 bits per heavy atom. The van der Waals surface area contributed by atoms with Crippen molar-refractivity contribution in [2.24, 2.45) is 0 Å². The van der Waals surface area contributed by atoms with Crippen LogP contribution in [0, 0.1) is 6.92 Å². The van der Waals surface area contributed by atoms with E-state index in [1.54, 1.807) is 16.8 Å². The number of hydrogen-bond donors (Lipinski definition) is 0. The molecule has 162 valence electrons. The molecule has 0 fully saturated rings. The first kappa shape index (κ1) is 22.4. The Morgan fingerprint density at radius 3 is 2.63 bits per heavy atom. The van der Waals surface area contributed by atoms with Crippen LogP contribution in [0.25, 0.3) is 16.9 Å². The lowest BCUT2D eigenvalue weighted by Gasteiger charge is -2.15. The molecular formula is C21H24F3N3O2S. The van der Waals surface area contributed by atoms with Crippen molar-refractivity contribution in [3.63, 3.8) is 0 Å². The number of hydrogen-bond acceptors (Lipinski definition) is 5. The maximum absolute atomic E-state index is 13.1. The van der Waals surface area contributed by atoms with Crippen molar-refractivity contribution in [2.75, 3.05) is 19.5 Å². The Bertz CT molecular complexity index is 1020. The topological polar surface area (TPSA) is 49.2 Å². The van der Waals surface area contributed by atoms with Crippen molar-refractivity contribution in [2.45, 2.75) is 44.6 Å². The standard InChI is InChI=1S/C21H24F3N3O2S/c1-5-13(2)28-10-11-29-18-8-9-25-19(14(18)3)27-17-7-6-15(21(22,23)24)12-16(17)26-20(27)30-4/h6-9,12-13H,5,10-11H2,1-4H3. The number of halogens is 3. The molecule has 2 heterocycles. The summed E-state index contributed by atoms with van der Waals surface area (Å²) in [6.07, 6.45) is 0.124. The van der Waals surface area contributed by atoms with E-state index in [0.717, 1.165) is 24.1 Å². The van der Waals surface area contributed by atoms with E-state index < -0.39 is 11.7 Å². The van der Waals surface area contributed by atoms with Crippen LogP contribution in [-0.4, -0.2) is 40.1 Å². The highest BCUT2D eigenvalue weighted by Crippen LogP contribution is 2.34. The van der Waals surface area contributed by atoms with Gasteiger partial charge >= 0.3 is 6.18 Å². The van der Waals surface area contributed by atoms with Gasteiger partial charge in [-0.1, -0.05) is 18.7 Å². The van der Waals surface area contributed by atoms with Crippen LogP contribution >= 0.6 is 11.8 Å². The molecule has 0 radical (unpaired) electrons. The fourth-order valence-corrected chi connectivity index (χ4v) is 3.54. The summed E-state index contributed by atoms with van der Waals surface area (Å²) in [5.41, 5.74) is 0.870. The Labute approximate surface area is 177 Å². The third-order valence-electron chi connectivity index (χ3n) is 4.79. The molecule has 0 saturated heterocycles. The summed E-state index contributed by atoms with van der Waals surface area (Å²) < 4.78 is 52.5. The molecule has 30 heavy (non-hydrogen) atoms. The van der Waals surface area contributed by atoms with E-state index in [0.29, 0.717) is 35.5 Å². The number of fused-ring (bicyclic) bond motifs is 1. The monoisotopic (exact) mass is 439 g/mol. The minimum atomic E-state index is -4.42. The number of alkyl halides is 3. The van der Waals surface area contributed by atoms with Gasteiger partial charge in [0, 0.05) is 11.8 Å². The smallest absolute Gasteiger partial charge is 0.416 e. The number of benzene rings is 1. The number of thioether (sulfide) groups is 1. The van der Waals surface area contributed by atoms with Crippen LogP contribution in [0.1, 0.15) is 31.4 Å². The Morgan fingerprint density at radius 1 is 1.20 bits per heavy atom. The van der Waals surface area contributed by atoms with E-state index in [1.165, 1.54) is 17.8 Å². The van der Waals surface area contributed by atoms with Gasteiger partial charge in [0.25, 0.3) is 0 Å². The zero-order valence-electron chi connectivity index (χ0n) is 17.3. The predicted molar refractivity (Wildman–Crippen MR) is 112 cm³/mol. The van der Waals surface area contributed by atoms with Crippen LogP contribution in [0.15, 0.2) is 35.6 Å². The second-order valence-corrected chi connectivity index (χ2v) is 7.60. The van der Waals surface area contributed by atoms with Gasteiger partial charge in [0.2, 0.25) is 0 Å². The first-order chi connectivity index (χ1) is 14.3. The highest BCUT2D eigenvalue weighted by atomic mass is 32.2. The quantitative estimate of drug-likeness (QED) is 0.335. The lowest BCUT2D eigenvalue weighted by atomic mass is 10.2.